The van der Waals surface area contributed by atoms with E-state index in [1.54, 1.807) is 0 Å². The molecule has 1 aromatic heterocycles. The lowest BCUT2D eigenvalue weighted by Crippen LogP contribution is -2.36. The quantitative estimate of drug-likeness (QED) is 0.811. The first-order valence-corrected chi connectivity index (χ1v) is 6.30. The fourth-order valence-corrected chi connectivity index (χ4v) is 2.36. The van der Waals surface area contributed by atoms with Crippen LogP contribution >= 0.6 is 0 Å². The number of nitrogens with zero attached hydrogens (tertiary/aromatic N) is 3. The number of hydrogen-bond acceptors (Lipinski definition) is 6. The molecule has 1 atom stereocenters. The van der Waals surface area contributed by atoms with Gasteiger partial charge in [0.25, 0.3) is 5.95 Å². The van der Waals surface area contributed by atoms with Crippen LogP contribution in [0.15, 0.2) is 4.52 Å². The molecule has 0 radical (unpaired) electrons. The zero-order chi connectivity index (χ0) is 11.5. The van der Waals surface area contributed by atoms with Crippen LogP contribution in [0.2, 0.25) is 0 Å². The summed E-state index contributed by atoms with van der Waals surface area (Å²) in [6.45, 7) is 4.29. The first kappa shape index (κ1) is 11.0. The van der Waals surface area contributed by atoms with Gasteiger partial charge in [0.15, 0.2) is 0 Å². The first-order valence-electron chi connectivity index (χ1n) is 6.30. The van der Waals surface area contributed by atoms with Crippen LogP contribution in [0.5, 0.6) is 0 Å². The van der Waals surface area contributed by atoms with Crippen molar-refractivity contribution in [1.82, 2.24) is 15.5 Å². The fourth-order valence-electron chi connectivity index (χ4n) is 2.36. The van der Waals surface area contributed by atoms with Crippen molar-refractivity contribution in [2.24, 2.45) is 0 Å². The molecule has 0 aliphatic carbocycles. The molecular formula is C11H18N4O2. The molecule has 0 spiro atoms. The highest BCUT2D eigenvalue weighted by molar-refractivity contribution is 5.28. The number of hydrogen-bond donors (Lipinski definition) is 1. The molecule has 2 fully saturated rings. The standard InChI is InChI=1S/C11H18N4O2/c1-2-9(12-3-1)8-10-13-11(14-17-10)15-4-6-16-7-5-15/h9,12H,1-8H2. The van der Waals surface area contributed by atoms with Crippen molar-refractivity contribution in [2.45, 2.75) is 25.3 Å². The van der Waals surface area contributed by atoms with Crippen molar-refractivity contribution in [3.63, 3.8) is 0 Å². The summed E-state index contributed by atoms with van der Waals surface area (Å²) in [5, 5.41) is 7.47. The molecule has 2 aliphatic heterocycles. The topological polar surface area (TPSA) is 63.4 Å². The summed E-state index contributed by atoms with van der Waals surface area (Å²) in [4.78, 5) is 6.56. The molecule has 6 nitrogen and oxygen atoms in total. The molecule has 2 saturated heterocycles. The second kappa shape index (κ2) is 5.01. The molecule has 2 aliphatic rings. The van der Waals surface area contributed by atoms with E-state index in [1.807, 2.05) is 0 Å². The summed E-state index contributed by atoms with van der Waals surface area (Å²) in [5.74, 6) is 1.45. The maximum Gasteiger partial charge on any atom is 0.266 e. The summed E-state index contributed by atoms with van der Waals surface area (Å²) < 4.78 is 10.6. The molecular weight excluding hydrogens is 220 g/mol. The van der Waals surface area contributed by atoms with E-state index < -0.39 is 0 Å². The second-order valence-corrected chi connectivity index (χ2v) is 4.58. The molecule has 0 aromatic carbocycles. The lowest BCUT2D eigenvalue weighted by atomic mass is 10.2. The average Bonchev–Trinajstić information content (AvgIpc) is 3.02. The lowest BCUT2D eigenvalue weighted by molar-refractivity contribution is 0.121. The van der Waals surface area contributed by atoms with Crippen LogP contribution in [0.1, 0.15) is 18.7 Å². The van der Waals surface area contributed by atoms with E-state index in [0.29, 0.717) is 12.0 Å². The van der Waals surface area contributed by atoms with Gasteiger partial charge >= 0.3 is 0 Å². The summed E-state index contributed by atoms with van der Waals surface area (Å²) in [6, 6.07) is 0.507. The summed E-state index contributed by atoms with van der Waals surface area (Å²) in [5.41, 5.74) is 0. The molecule has 94 valence electrons. The minimum Gasteiger partial charge on any atom is -0.378 e. The van der Waals surface area contributed by atoms with Crippen molar-refractivity contribution < 1.29 is 9.26 Å². The Labute approximate surface area is 100 Å². The monoisotopic (exact) mass is 238 g/mol. The predicted molar refractivity (Wildman–Crippen MR) is 62.1 cm³/mol. The van der Waals surface area contributed by atoms with E-state index in [1.165, 1.54) is 12.8 Å². The Morgan fingerprint density at radius 2 is 2.24 bits per heavy atom. The van der Waals surface area contributed by atoms with Crippen LogP contribution in [0, 0.1) is 0 Å². The number of aromatic nitrogens is 2. The number of morpholine rings is 1. The minimum atomic E-state index is 0.507. The fraction of sp³-hybridized carbons (Fsp3) is 0.818. The smallest absolute Gasteiger partial charge is 0.266 e. The van der Waals surface area contributed by atoms with Crippen molar-refractivity contribution in [3.8, 4) is 0 Å². The molecule has 17 heavy (non-hydrogen) atoms. The van der Waals surface area contributed by atoms with Crippen LogP contribution in [0.4, 0.5) is 5.95 Å². The van der Waals surface area contributed by atoms with Crippen LogP contribution in [0.25, 0.3) is 0 Å². The Morgan fingerprint density at radius 3 is 3.00 bits per heavy atom. The average molecular weight is 238 g/mol. The van der Waals surface area contributed by atoms with Crippen LogP contribution < -0.4 is 10.2 Å². The van der Waals surface area contributed by atoms with Gasteiger partial charge in [0.1, 0.15) is 0 Å². The van der Waals surface area contributed by atoms with Crippen LogP contribution in [-0.2, 0) is 11.2 Å². The van der Waals surface area contributed by atoms with Crippen molar-refractivity contribution >= 4 is 5.95 Å². The SMILES string of the molecule is C1CNC(Cc2nc(N3CCOCC3)no2)C1. The Balaban J connectivity index is 1.60. The van der Waals surface area contributed by atoms with Crippen molar-refractivity contribution in [3.05, 3.63) is 5.89 Å². The van der Waals surface area contributed by atoms with Gasteiger partial charge in [0, 0.05) is 25.6 Å². The van der Waals surface area contributed by atoms with Gasteiger partial charge in [0.2, 0.25) is 5.89 Å². The van der Waals surface area contributed by atoms with E-state index >= 15 is 0 Å². The van der Waals surface area contributed by atoms with Gasteiger partial charge in [0.05, 0.1) is 13.2 Å². The highest BCUT2D eigenvalue weighted by Gasteiger charge is 2.20. The van der Waals surface area contributed by atoms with Crippen LogP contribution in [0.3, 0.4) is 0 Å². The maximum absolute atomic E-state index is 5.30. The van der Waals surface area contributed by atoms with E-state index in [0.717, 1.165) is 45.2 Å². The van der Waals surface area contributed by atoms with Gasteiger partial charge in [-0.25, -0.2) is 0 Å². The summed E-state index contributed by atoms with van der Waals surface area (Å²) in [7, 11) is 0. The lowest BCUT2D eigenvalue weighted by Gasteiger charge is -2.24. The third-order valence-corrected chi connectivity index (χ3v) is 3.33. The van der Waals surface area contributed by atoms with E-state index in [-0.39, 0.29) is 0 Å². The van der Waals surface area contributed by atoms with Gasteiger partial charge in [-0.15, -0.1) is 0 Å². The predicted octanol–water partition coefficient (Wildman–Crippen LogP) is 0.201. The van der Waals surface area contributed by atoms with E-state index in [2.05, 4.69) is 20.4 Å². The molecule has 6 heteroatoms. The van der Waals surface area contributed by atoms with Gasteiger partial charge in [-0.3, -0.25) is 0 Å². The summed E-state index contributed by atoms with van der Waals surface area (Å²) in [6.07, 6.45) is 3.29. The molecule has 1 unspecified atom stereocenters. The zero-order valence-corrected chi connectivity index (χ0v) is 9.89. The van der Waals surface area contributed by atoms with Crippen LogP contribution in [-0.4, -0.2) is 49.0 Å². The largest absolute Gasteiger partial charge is 0.378 e. The molecule has 3 rings (SSSR count). The number of anilines is 1. The Hall–Kier alpha value is -1.14. The Morgan fingerprint density at radius 1 is 1.35 bits per heavy atom. The molecule has 1 N–H and O–H groups in total. The molecule has 3 heterocycles. The van der Waals surface area contributed by atoms with Gasteiger partial charge < -0.3 is 19.5 Å². The van der Waals surface area contributed by atoms with Crippen molar-refractivity contribution in [2.75, 3.05) is 37.7 Å². The third kappa shape index (κ3) is 2.58. The highest BCUT2D eigenvalue weighted by Crippen LogP contribution is 2.15. The second-order valence-electron chi connectivity index (χ2n) is 4.58. The molecule has 0 bridgehead atoms. The normalized spacial score (nSPS) is 25.4. The summed E-state index contributed by atoms with van der Waals surface area (Å²) >= 11 is 0. The van der Waals surface area contributed by atoms with Gasteiger partial charge in [-0.05, 0) is 24.5 Å². The first-order chi connectivity index (χ1) is 8.42. The number of ether oxygens (including phenoxy) is 1. The molecule has 0 amide bonds. The maximum atomic E-state index is 5.30. The number of nitrogens with one attached hydrogen (secondary N) is 1. The van der Waals surface area contributed by atoms with E-state index in [9.17, 15) is 0 Å². The molecule has 0 saturated carbocycles. The minimum absolute atomic E-state index is 0.507. The zero-order valence-electron chi connectivity index (χ0n) is 9.89. The highest BCUT2D eigenvalue weighted by atomic mass is 16.5. The third-order valence-electron chi connectivity index (χ3n) is 3.33. The molecule has 1 aromatic rings. The van der Waals surface area contributed by atoms with Gasteiger partial charge in [-0.2, -0.15) is 4.98 Å². The van der Waals surface area contributed by atoms with E-state index in [4.69, 9.17) is 9.26 Å². The number of rotatable bonds is 3. The van der Waals surface area contributed by atoms with Crippen molar-refractivity contribution in [1.29, 1.82) is 0 Å². The Bertz CT molecular complexity index is 356. The van der Waals surface area contributed by atoms with Gasteiger partial charge in [-0.1, -0.05) is 0 Å². The Kier molecular flexibility index (Phi) is 3.24.